The van der Waals surface area contributed by atoms with Gasteiger partial charge in [-0.15, -0.1) is 11.6 Å². The van der Waals surface area contributed by atoms with Crippen LogP contribution in [-0.2, 0) is 0 Å². The average molecular weight is 326 g/mol. The summed E-state index contributed by atoms with van der Waals surface area (Å²) in [5.74, 6) is 0.833. The topological polar surface area (TPSA) is 50.7 Å². The number of aliphatic hydroxyl groups is 1. The van der Waals surface area contributed by atoms with E-state index >= 15 is 0 Å². The Hall–Kier alpha value is -1.98. The SMILES string of the molecule is COc1cccc(Oc2ccc(NCC(O)CCl)cc2F)c1. The summed E-state index contributed by atoms with van der Waals surface area (Å²) in [6.45, 7) is 0.249. The molecule has 0 radical (unpaired) electrons. The van der Waals surface area contributed by atoms with Gasteiger partial charge in [-0.25, -0.2) is 4.39 Å². The Bertz CT molecular complexity index is 624. The van der Waals surface area contributed by atoms with E-state index in [-0.39, 0.29) is 18.2 Å². The summed E-state index contributed by atoms with van der Waals surface area (Å²) in [4.78, 5) is 0. The number of ether oxygens (including phenoxy) is 2. The Kier molecular flexibility index (Phi) is 5.86. The molecule has 0 saturated carbocycles. The minimum absolute atomic E-state index is 0.108. The van der Waals surface area contributed by atoms with Crippen LogP contribution in [0.4, 0.5) is 10.1 Å². The molecule has 0 aromatic heterocycles. The van der Waals surface area contributed by atoms with Crippen molar-refractivity contribution in [3.05, 3.63) is 48.3 Å². The lowest BCUT2D eigenvalue weighted by molar-refractivity contribution is 0.211. The molecule has 1 atom stereocenters. The van der Waals surface area contributed by atoms with Crippen molar-refractivity contribution in [3.63, 3.8) is 0 Å². The third-order valence-electron chi connectivity index (χ3n) is 2.92. The molecular weight excluding hydrogens is 309 g/mol. The lowest BCUT2D eigenvalue weighted by Gasteiger charge is -2.12. The number of alkyl halides is 1. The molecule has 118 valence electrons. The normalized spacial score (nSPS) is 11.8. The second kappa shape index (κ2) is 7.87. The van der Waals surface area contributed by atoms with Gasteiger partial charge in [0.05, 0.1) is 19.1 Å². The van der Waals surface area contributed by atoms with Crippen molar-refractivity contribution in [2.75, 3.05) is 24.9 Å². The molecule has 1 unspecified atom stereocenters. The van der Waals surface area contributed by atoms with Crippen LogP contribution in [0.1, 0.15) is 0 Å². The van der Waals surface area contributed by atoms with E-state index < -0.39 is 11.9 Å². The molecule has 4 nitrogen and oxygen atoms in total. The molecule has 0 saturated heterocycles. The van der Waals surface area contributed by atoms with Crippen LogP contribution >= 0.6 is 11.6 Å². The standard InChI is InChI=1S/C16H17ClFNO3/c1-21-13-3-2-4-14(8-13)22-16-6-5-11(7-15(16)18)19-10-12(20)9-17/h2-8,12,19-20H,9-10H2,1H3. The molecular formula is C16H17ClFNO3. The molecule has 2 aromatic rings. The molecule has 2 aromatic carbocycles. The fraction of sp³-hybridized carbons (Fsp3) is 0.250. The Morgan fingerprint density at radius 3 is 2.68 bits per heavy atom. The summed E-state index contributed by atoms with van der Waals surface area (Å²) in [5.41, 5.74) is 0.541. The Balaban J connectivity index is 2.06. The summed E-state index contributed by atoms with van der Waals surface area (Å²) in [6, 6.07) is 11.4. The summed E-state index contributed by atoms with van der Waals surface area (Å²) in [5, 5.41) is 12.3. The first-order chi connectivity index (χ1) is 10.6. The maximum atomic E-state index is 14.0. The Labute approximate surface area is 133 Å². The number of benzene rings is 2. The number of hydrogen-bond acceptors (Lipinski definition) is 4. The van der Waals surface area contributed by atoms with E-state index in [0.29, 0.717) is 17.2 Å². The van der Waals surface area contributed by atoms with Crippen LogP contribution in [-0.4, -0.2) is 30.7 Å². The number of halogens is 2. The monoisotopic (exact) mass is 325 g/mol. The zero-order valence-corrected chi connectivity index (χ0v) is 12.8. The van der Waals surface area contributed by atoms with Gasteiger partial charge in [0.15, 0.2) is 11.6 Å². The van der Waals surface area contributed by atoms with E-state index in [1.165, 1.54) is 12.1 Å². The number of anilines is 1. The largest absolute Gasteiger partial charge is 0.497 e. The minimum atomic E-state index is -0.683. The van der Waals surface area contributed by atoms with Gasteiger partial charge in [0.2, 0.25) is 0 Å². The molecule has 0 amide bonds. The number of nitrogens with one attached hydrogen (secondary N) is 1. The van der Waals surface area contributed by atoms with Gasteiger partial charge >= 0.3 is 0 Å². The van der Waals surface area contributed by atoms with Gasteiger partial charge in [-0.3, -0.25) is 0 Å². The van der Waals surface area contributed by atoms with E-state index in [2.05, 4.69) is 5.32 Å². The highest BCUT2D eigenvalue weighted by Gasteiger charge is 2.08. The maximum absolute atomic E-state index is 14.0. The highest BCUT2D eigenvalue weighted by Crippen LogP contribution is 2.28. The van der Waals surface area contributed by atoms with E-state index in [1.54, 1.807) is 37.4 Å². The zero-order chi connectivity index (χ0) is 15.9. The van der Waals surface area contributed by atoms with Crippen LogP contribution in [0.2, 0.25) is 0 Å². The van der Waals surface area contributed by atoms with Crippen molar-refractivity contribution >= 4 is 17.3 Å². The predicted octanol–water partition coefficient (Wildman–Crippen LogP) is 3.64. The molecule has 22 heavy (non-hydrogen) atoms. The van der Waals surface area contributed by atoms with Gasteiger partial charge in [0.25, 0.3) is 0 Å². The van der Waals surface area contributed by atoms with Gasteiger partial charge in [0.1, 0.15) is 11.5 Å². The highest BCUT2D eigenvalue weighted by molar-refractivity contribution is 6.18. The van der Waals surface area contributed by atoms with Crippen LogP contribution in [0, 0.1) is 5.82 Å². The fourth-order valence-corrected chi connectivity index (χ4v) is 1.88. The van der Waals surface area contributed by atoms with Crippen molar-refractivity contribution in [1.82, 2.24) is 0 Å². The van der Waals surface area contributed by atoms with Crippen LogP contribution in [0.15, 0.2) is 42.5 Å². The van der Waals surface area contributed by atoms with Crippen LogP contribution in [0.25, 0.3) is 0 Å². The van der Waals surface area contributed by atoms with Gasteiger partial charge in [-0.05, 0) is 24.3 Å². The van der Waals surface area contributed by atoms with Gasteiger partial charge in [-0.1, -0.05) is 6.07 Å². The van der Waals surface area contributed by atoms with E-state index in [4.69, 9.17) is 21.1 Å². The van der Waals surface area contributed by atoms with Gasteiger partial charge < -0.3 is 19.9 Å². The van der Waals surface area contributed by atoms with Crippen molar-refractivity contribution in [1.29, 1.82) is 0 Å². The van der Waals surface area contributed by atoms with Crippen molar-refractivity contribution in [3.8, 4) is 17.2 Å². The number of methoxy groups -OCH3 is 1. The Morgan fingerprint density at radius 1 is 1.23 bits per heavy atom. The lowest BCUT2D eigenvalue weighted by Crippen LogP contribution is -2.20. The summed E-state index contributed by atoms with van der Waals surface area (Å²) < 4.78 is 24.6. The average Bonchev–Trinajstić information content (AvgIpc) is 2.55. The van der Waals surface area contributed by atoms with Crippen LogP contribution in [0.3, 0.4) is 0 Å². The molecule has 6 heteroatoms. The van der Waals surface area contributed by atoms with Crippen LogP contribution < -0.4 is 14.8 Å². The van der Waals surface area contributed by atoms with E-state index in [9.17, 15) is 9.50 Å². The summed E-state index contributed by atoms with van der Waals surface area (Å²) >= 11 is 5.50. The quantitative estimate of drug-likeness (QED) is 0.763. The van der Waals surface area contributed by atoms with Crippen molar-refractivity contribution in [2.24, 2.45) is 0 Å². The first kappa shape index (κ1) is 16.4. The third-order valence-corrected chi connectivity index (χ3v) is 3.28. The maximum Gasteiger partial charge on any atom is 0.167 e. The summed E-state index contributed by atoms with van der Waals surface area (Å²) in [6.07, 6.45) is -0.683. The molecule has 0 aliphatic carbocycles. The first-order valence-corrected chi connectivity index (χ1v) is 7.25. The zero-order valence-electron chi connectivity index (χ0n) is 12.1. The number of aliphatic hydroxyl groups excluding tert-OH is 1. The lowest BCUT2D eigenvalue weighted by atomic mass is 10.2. The smallest absolute Gasteiger partial charge is 0.167 e. The fourth-order valence-electron chi connectivity index (χ4n) is 1.78. The van der Waals surface area contributed by atoms with Crippen LogP contribution in [0.5, 0.6) is 17.2 Å². The molecule has 2 rings (SSSR count). The van der Waals surface area contributed by atoms with Gasteiger partial charge in [-0.2, -0.15) is 0 Å². The van der Waals surface area contributed by atoms with Gasteiger partial charge in [0, 0.05) is 24.4 Å². The van der Waals surface area contributed by atoms with Crippen molar-refractivity contribution in [2.45, 2.75) is 6.10 Å². The second-order valence-electron chi connectivity index (χ2n) is 4.62. The predicted molar refractivity (Wildman–Crippen MR) is 84.7 cm³/mol. The molecule has 0 aliphatic rings. The molecule has 0 aliphatic heterocycles. The molecule has 0 fully saturated rings. The molecule has 0 bridgehead atoms. The number of rotatable bonds is 7. The number of hydrogen-bond donors (Lipinski definition) is 2. The Morgan fingerprint density at radius 2 is 2.00 bits per heavy atom. The third kappa shape index (κ3) is 4.51. The van der Waals surface area contributed by atoms with Crippen molar-refractivity contribution < 1.29 is 19.0 Å². The van der Waals surface area contributed by atoms with E-state index in [0.717, 1.165) is 0 Å². The molecule has 0 heterocycles. The summed E-state index contributed by atoms with van der Waals surface area (Å²) in [7, 11) is 1.55. The highest BCUT2D eigenvalue weighted by atomic mass is 35.5. The minimum Gasteiger partial charge on any atom is -0.497 e. The first-order valence-electron chi connectivity index (χ1n) is 6.71. The molecule has 2 N–H and O–H groups in total. The van der Waals surface area contributed by atoms with E-state index in [1.807, 2.05) is 0 Å². The molecule has 0 spiro atoms. The second-order valence-corrected chi connectivity index (χ2v) is 4.92.